The Balaban J connectivity index is 1.48. The predicted molar refractivity (Wildman–Crippen MR) is 88.8 cm³/mol. The summed E-state index contributed by atoms with van der Waals surface area (Å²) in [5.41, 5.74) is 0.666. The molecule has 0 saturated carbocycles. The van der Waals surface area contributed by atoms with Gasteiger partial charge in [0.2, 0.25) is 12.3 Å². The van der Waals surface area contributed by atoms with Crippen molar-refractivity contribution in [3.63, 3.8) is 0 Å². The molecule has 3 aromatic rings. The van der Waals surface area contributed by atoms with Crippen LogP contribution in [0, 0.1) is 5.82 Å². The number of carbonyl (C=O) groups is 2. The molecule has 0 bridgehead atoms. The Bertz CT molecular complexity index is 897. The summed E-state index contributed by atoms with van der Waals surface area (Å²) in [4.78, 5) is 23.4. The second-order valence-corrected chi connectivity index (χ2v) is 5.04. The first-order valence-corrected chi connectivity index (χ1v) is 7.46. The largest absolute Gasteiger partial charge is 0.484 e. The van der Waals surface area contributed by atoms with E-state index in [4.69, 9.17) is 9.15 Å². The normalized spacial score (nSPS) is 10.2. The van der Waals surface area contributed by atoms with E-state index in [1.807, 2.05) is 5.32 Å². The number of rotatable bonds is 5. The van der Waals surface area contributed by atoms with Crippen molar-refractivity contribution in [1.29, 1.82) is 0 Å². The molecule has 2 aromatic carbocycles. The van der Waals surface area contributed by atoms with E-state index < -0.39 is 17.8 Å². The third-order valence-corrected chi connectivity index (χ3v) is 3.21. The van der Waals surface area contributed by atoms with E-state index in [0.29, 0.717) is 17.2 Å². The van der Waals surface area contributed by atoms with E-state index in [-0.39, 0.29) is 12.3 Å². The Morgan fingerprint density at radius 3 is 2.58 bits per heavy atom. The second kappa shape index (κ2) is 7.88. The van der Waals surface area contributed by atoms with Crippen molar-refractivity contribution in [2.24, 2.45) is 0 Å². The van der Waals surface area contributed by atoms with Crippen LogP contribution >= 0.6 is 0 Å². The number of halogens is 1. The first kappa shape index (κ1) is 17.1. The molecule has 0 aliphatic heterocycles. The number of carbonyl (C=O) groups excluding carboxylic acids is 2. The number of benzene rings is 2. The van der Waals surface area contributed by atoms with Gasteiger partial charge in [0.05, 0.1) is 5.69 Å². The third kappa shape index (κ3) is 4.41. The first-order valence-electron chi connectivity index (χ1n) is 7.46. The Labute approximate surface area is 147 Å². The van der Waals surface area contributed by atoms with Gasteiger partial charge in [0, 0.05) is 5.56 Å². The minimum Gasteiger partial charge on any atom is -0.484 e. The lowest BCUT2D eigenvalue weighted by Gasteiger charge is -2.09. The molecule has 3 amide bonds. The summed E-state index contributed by atoms with van der Waals surface area (Å²) < 4.78 is 23.8. The van der Waals surface area contributed by atoms with Gasteiger partial charge in [-0.15, -0.1) is 10.2 Å². The van der Waals surface area contributed by atoms with Crippen LogP contribution in [0.2, 0.25) is 0 Å². The fraction of sp³-hybridized carbons (Fsp3) is 0.0588. The average molecular weight is 356 g/mol. The Morgan fingerprint density at radius 2 is 1.88 bits per heavy atom. The second-order valence-electron chi connectivity index (χ2n) is 5.04. The van der Waals surface area contributed by atoms with Crippen LogP contribution in [0.25, 0.3) is 11.5 Å². The highest BCUT2D eigenvalue weighted by Gasteiger charge is 2.11. The highest BCUT2D eigenvalue weighted by Crippen LogP contribution is 2.20. The topological polar surface area (TPSA) is 106 Å². The van der Waals surface area contributed by atoms with Gasteiger partial charge < -0.3 is 14.5 Å². The van der Waals surface area contributed by atoms with Crippen molar-refractivity contribution in [1.82, 2.24) is 15.5 Å². The van der Waals surface area contributed by atoms with E-state index in [1.165, 1.54) is 24.6 Å². The van der Waals surface area contributed by atoms with Crippen LogP contribution < -0.4 is 15.4 Å². The van der Waals surface area contributed by atoms with Gasteiger partial charge in [-0.3, -0.25) is 10.1 Å². The molecule has 0 fully saturated rings. The zero-order valence-corrected chi connectivity index (χ0v) is 13.3. The Hall–Kier alpha value is -3.75. The molecule has 0 spiro atoms. The van der Waals surface area contributed by atoms with Crippen LogP contribution in [0.5, 0.6) is 5.75 Å². The smallest absolute Gasteiger partial charge is 0.326 e. The molecule has 0 saturated heterocycles. The standard InChI is InChI=1S/C17H13FN4O4/c18-13-3-1-2-4-14(13)20-17(24)21-15(23)9-25-12-7-5-11(6-8-12)16-22-19-10-26-16/h1-8,10H,9H2,(H2,20,21,23,24). The van der Waals surface area contributed by atoms with Gasteiger partial charge in [0.15, 0.2) is 6.61 Å². The van der Waals surface area contributed by atoms with Gasteiger partial charge in [-0.2, -0.15) is 0 Å². The lowest BCUT2D eigenvalue weighted by atomic mass is 10.2. The fourth-order valence-corrected chi connectivity index (χ4v) is 2.02. The zero-order chi connectivity index (χ0) is 18.4. The average Bonchev–Trinajstić information content (AvgIpc) is 3.17. The molecule has 0 unspecified atom stereocenters. The number of nitrogens with zero attached hydrogens (tertiary/aromatic N) is 2. The maximum atomic E-state index is 13.4. The highest BCUT2D eigenvalue weighted by molar-refractivity contribution is 6.01. The summed E-state index contributed by atoms with van der Waals surface area (Å²) in [6.07, 6.45) is 1.22. The summed E-state index contributed by atoms with van der Waals surface area (Å²) in [5.74, 6) is -0.510. The number of para-hydroxylation sites is 1. The van der Waals surface area contributed by atoms with E-state index in [0.717, 1.165) is 0 Å². The lowest BCUT2D eigenvalue weighted by molar-refractivity contribution is -0.121. The van der Waals surface area contributed by atoms with Gasteiger partial charge in [-0.05, 0) is 36.4 Å². The first-order chi connectivity index (χ1) is 12.6. The van der Waals surface area contributed by atoms with Crippen molar-refractivity contribution in [3.8, 4) is 17.2 Å². The van der Waals surface area contributed by atoms with Gasteiger partial charge in [-0.25, -0.2) is 9.18 Å². The molecule has 3 rings (SSSR count). The monoisotopic (exact) mass is 356 g/mol. The molecule has 132 valence electrons. The highest BCUT2D eigenvalue weighted by atomic mass is 19.1. The number of hydrogen-bond donors (Lipinski definition) is 2. The SMILES string of the molecule is O=C(COc1ccc(-c2nnco2)cc1)NC(=O)Nc1ccccc1F. The molecule has 0 aliphatic carbocycles. The maximum Gasteiger partial charge on any atom is 0.326 e. The third-order valence-electron chi connectivity index (χ3n) is 3.21. The quantitative estimate of drug-likeness (QED) is 0.728. The van der Waals surface area contributed by atoms with E-state index in [1.54, 1.807) is 30.3 Å². The van der Waals surface area contributed by atoms with Gasteiger partial charge in [0.25, 0.3) is 5.91 Å². The molecule has 9 heteroatoms. The molecular weight excluding hydrogens is 343 g/mol. The van der Waals surface area contributed by atoms with Gasteiger partial charge in [0.1, 0.15) is 11.6 Å². The molecular formula is C17H13FN4O4. The summed E-state index contributed by atoms with van der Waals surface area (Å²) in [5, 5.41) is 11.6. The molecule has 0 aliphatic rings. The number of imide groups is 1. The molecule has 26 heavy (non-hydrogen) atoms. The molecule has 2 N–H and O–H groups in total. The minimum atomic E-state index is -0.851. The van der Waals surface area contributed by atoms with Crippen LogP contribution in [0.15, 0.2) is 59.3 Å². The molecule has 0 radical (unpaired) electrons. The minimum absolute atomic E-state index is 0.0321. The van der Waals surface area contributed by atoms with E-state index in [2.05, 4.69) is 15.5 Å². The number of amides is 3. The zero-order valence-electron chi connectivity index (χ0n) is 13.3. The van der Waals surface area contributed by atoms with Crippen LogP contribution in [0.3, 0.4) is 0 Å². The summed E-state index contributed by atoms with van der Waals surface area (Å²) in [6.45, 7) is -0.384. The van der Waals surface area contributed by atoms with Crippen molar-refractivity contribution < 1.29 is 23.1 Å². The van der Waals surface area contributed by atoms with Crippen LogP contribution in [-0.4, -0.2) is 28.7 Å². The van der Waals surface area contributed by atoms with Crippen LogP contribution in [0.4, 0.5) is 14.9 Å². The van der Waals surface area contributed by atoms with Crippen molar-refractivity contribution >= 4 is 17.6 Å². The van der Waals surface area contributed by atoms with Crippen molar-refractivity contribution in [2.75, 3.05) is 11.9 Å². The number of anilines is 1. The van der Waals surface area contributed by atoms with E-state index in [9.17, 15) is 14.0 Å². The number of ether oxygens (including phenoxy) is 1. The number of nitrogens with one attached hydrogen (secondary N) is 2. The Kier molecular flexibility index (Phi) is 5.18. The summed E-state index contributed by atoms with van der Waals surface area (Å²) >= 11 is 0. The van der Waals surface area contributed by atoms with Crippen molar-refractivity contribution in [3.05, 3.63) is 60.7 Å². The molecule has 1 heterocycles. The molecule has 0 atom stereocenters. The fourth-order valence-electron chi connectivity index (χ4n) is 2.02. The maximum absolute atomic E-state index is 13.4. The van der Waals surface area contributed by atoms with Crippen molar-refractivity contribution in [2.45, 2.75) is 0 Å². The number of urea groups is 1. The van der Waals surface area contributed by atoms with E-state index >= 15 is 0 Å². The number of aromatic nitrogens is 2. The summed E-state index contributed by atoms with van der Waals surface area (Å²) in [6, 6.07) is 11.4. The number of hydrogen-bond acceptors (Lipinski definition) is 6. The lowest BCUT2D eigenvalue weighted by Crippen LogP contribution is -2.37. The van der Waals surface area contributed by atoms with Gasteiger partial charge in [-0.1, -0.05) is 12.1 Å². The molecule has 1 aromatic heterocycles. The summed E-state index contributed by atoms with van der Waals surface area (Å²) in [7, 11) is 0. The molecule has 8 nitrogen and oxygen atoms in total. The Morgan fingerprint density at radius 1 is 1.12 bits per heavy atom. The predicted octanol–water partition coefficient (Wildman–Crippen LogP) is 2.60. The van der Waals surface area contributed by atoms with Gasteiger partial charge >= 0.3 is 6.03 Å². The van der Waals surface area contributed by atoms with Crippen LogP contribution in [0.1, 0.15) is 0 Å². The van der Waals surface area contributed by atoms with Crippen LogP contribution in [-0.2, 0) is 4.79 Å².